The first-order valence-electron chi connectivity index (χ1n) is 9.04. The van der Waals surface area contributed by atoms with Gasteiger partial charge in [-0.2, -0.15) is 10.2 Å². The molecule has 0 saturated heterocycles. The second-order valence-corrected chi connectivity index (χ2v) is 6.08. The Hall–Kier alpha value is -3.61. The van der Waals surface area contributed by atoms with E-state index in [-0.39, 0.29) is 5.75 Å². The number of aromatic nitrogens is 2. The first kappa shape index (κ1) is 19.2. The van der Waals surface area contributed by atoms with Crippen LogP contribution in [0.1, 0.15) is 35.5 Å². The standard InChI is InChI=1S/C21H22N4O3/c1-3-14-5-8-16(9-6-14)17-12-18(24-23-17)21(27)25-22-13-15-7-10-19(26)20(11-15)28-4-2/h5-13,26H,3-4H2,1-2H3,(H,23,24)(H,25,27). The Morgan fingerprint density at radius 2 is 2.00 bits per heavy atom. The van der Waals surface area contributed by atoms with E-state index in [1.807, 2.05) is 31.2 Å². The monoisotopic (exact) mass is 378 g/mol. The minimum atomic E-state index is -0.399. The van der Waals surface area contributed by atoms with Gasteiger partial charge in [0, 0.05) is 5.56 Å². The predicted molar refractivity (Wildman–Crippen MR) is 108 cm³/mol. The number of phenols is 1. The quantitative estimate of drug-likeness (QED) is 0.433. The van der Waals surface area contributed by atoms with Gasteiger partial charge in [0.05, 0.1) is 18.5 Å². The van der Waals surface area contributed by atoms with E-state index in [1.165, 1.54) is 17.8 Å². The number of aromatic hydroxyl groups is 1. The van der Waals surface area contributed by atoms with Crippen LogP contribution in [0.2, 0.25) is 0 Å². The molecule has 2 aromatic carbocycles. The van der Waals surface area contributed by atoms with Crippen molar-refractivity contribution in [3.63, 3.8) is 0 Å². The molecule has 3 rings (SSSR count). The average molecular weight is 378 g/mol. The third-order valence-electron chi connectivity index (χ3n) is 4.14. The molecule has 0 aliphatic carbocycles. The van der Waals surface area contributed by atoms with E-state index in [4.69, 9.17) is 4.74 Å². The number of aryl methyl sites for hydroxylation is 1. The molecule has 0 radical (unpaired) electrons. The van der Waals surface area contributed by atoms with Crippen LogP contribution in [0.15, 0.2) is 53.6 Å². The normalized spacial score (nSPS) is 10.9. The van der Waals surface area contributed by atoms with Crippen molar-refractivity contribution in [2.24, 2.45) is 5.10 Å². The van der Waals surface area contributed by atoms with Crippen LogP contribution in [0.5, 0.6) is 11.5 Å². The van der Waals surface area contributed by atoms with Crippen molar-refractivity contribution in [3.05, 3.63) is 65.4 Å². The topological polar surface area (TPSA) is 99.6 Å². The van der Waals surface area contributed by atoms with Crippen molar-refractivity contribution >= 4 is 12.1 Å². The number of carbonyl (C=O) groups excluding carboxylic acids is 1. The first-order valence-corrected chi connectivity index (χ1v) is 9.04. The molecule has 144 valence electrons. The van der Waals surface area contributed by atoms with E-state index < -0.39 is 5.91 Å². The fourth-order valence-electron chi connectivity index (χ4n) is 2.60. The highest BCUT2D eigenvalue weighted by Gasteiger charge is 2.10. The van der Waals surface area contributed by atoms with E-state index in [0.717, 1.165) is 12.0 Å². The summed E-state index contributed by atoms with van der Waals surface area (Å²) >= 11 is 0. The number of aromatic amines is 1. The predicted octanol–water partition coefficient (Wildman–Crippen LogP) is 3.51. The molecule has 0 fully saturated rings. The maximum Gasteiger partial charge on any atom is 0.289 e. The number of hydrazone groups is 1. The second kappa shape index (κ2) is 8.85. The van der Waals surface area contributed by atoms with Crippen LogP contribution in [0, 0.1) is 0 Å². The van der Waals surface area contributed by atoms with Crippen LogP contribution in [0.25, 0.3) is 11.3 Å². The Kier molecular flexibility index (Phi) is 6.06. The van der Waals surface area contributed by atoms with E-state index in [0.29, 0.717) is 29.3 Å². The highest BCUT2D eigenvalue weighted by molar-refractivity contribution is 5.94. The molecule has 3 N–H and O–H groups in total. The zero-order valence-electron chi connectivity index (χ0n) is 15.8. The highest BCUT2D eigenvalue weighted by Crippen LogP contribution is 2.26. The van der Waals surface area contributed by atoms with Gasteiger partial charge < -0.3 is 9.84 Å². The lowest BCUT2D eigenvalue weighted by molar-refractivity contribution is 0.0950. The van der Waals surface area contributed by atoms with Crippen molar-refractivity contribution in [2.75, 3.05) is 6.61 Å². The van der Waals surface area contributed by atoms with Crippen molar-refractivity contribution < 1.29 is 14.6 Å². The van der Waals surface area contributed by atoms with Gasteiger partial charge in [-0.05, 0) is 48.7 Å². The van der Waals surface area contributed by atoms with Crippen LogP contribution < -0.4 is 10.2 Å². The van der Waals surface area contributed by atoms with E-state index >= 15 is 0 Å². The summed E-state index contributed by atoms with van der Waals surface area (Å²) in [5.74, 6) is 0.0223. The fourth-order valence-corrected chi connectivity index (χ4v) is 2.60. The van der Waals surface area contributed by atoms with Gasteiger partial charge in [0.15, 0.2) is 11.5 Å². The second-order valence-electron chi connectivity index (χ2n) is 6.08. The molecule has 1 amide bonds. The van der Waals surface area contributed by atoms with Gasteiger partial charge in [-0.15, -0.1) is 0 Å². The van der Waals surface area contributed by atoms with Gasteiger partial charge in [-0.3, -0.25) is 9.89 Å². The minimum Gasteiger partial charge on any atom is -0.504 e. The van der Waals surface area contributed by atoms with Crippen LogP contribution in [0.3, 0.4) is 0 Å². The van der Waals surface area contributed by atoms with Crippen LogP contribution in [-0.4, -0.2) is 34.0 Å². The number of nitrogens with one attached hydrogen (secondary N) is 2. The lowest BCUT2D eigenvalue weighted by atomic mass is 10.1. The summed E-state index contributed by atoms with van der Waals surface area (Å²) in [5, 5.41) is 20.6. The smallest absolute Gasteiger partial charge is 0.289 e. The molecule has 0 spiro atoms. The van der Waals surface area contributed by atoms with Gasteiger partial charge in [0.25, 0.3) is 5.91 Å². The van der Waals surface area contributed by atoms with Gasteiger partial charge in [0.1, 0.15) is 5.69 Å². The summed E-state index contributed by atoms with van der Waals surface area (Å²) < 4.78 is 5.32. The Morgan fingerprint density at radius 3 is 2.71 bits per heavy atom. The molecule has 0 aliphatic heterocycles. The Morgan fingerprint density at radius 1 is 1.21 bits per heavy atom. The van der Waals surface area contributed by atoms with Gasteiger partial charge in [-0.1, -0.05) is 31.2 Å². The molecular formula is C21H22N4O3. The van der Waals surface area contributed by atoms with Crippen molar-refractivity contribution in [1.29, 1.82) is 0 Å². The van der Waals surface area contributed by atoms with E-state index in [2.05, 4.69) is 27.6 Å². The molecular weight excluding hydrogens is 356 g/mol. The summed E-state index contributed by atoms with van der Waals surface area (Å²) in [5.41, 5.74) is 6.32. The largest absolute Gasteiger partial charge is 0.504 e. The number of nitrogens with zero attached hydrogens (tertiary/aromatic N) is 2. The highest BCUT2D eigenvalue weighted by atomic mass is 16.5. The van der Waals surface area contributed by atoms with Crippen LogP contribution in [0.4, 0.5) is 0 Å². The van der Waals surface area contributed by atoms with E-state index in [9.17, 15) is 9.90 Å². The summed E-state index contributed by atoms with van der Waals surface area (Å²) in [4.78, 5) is 12.2. The Balaban J connectivity index is 1.64. The minimum absolute atomic E-state index is 0.0556. The molecule has 0 atom stereocenters. The molecule has 1 heterocycles. The Bertz CT molecular complexity index is 978. The zero-order valence-corrected chi connectivity index (χ0v) is 15.8. The van der Waals surface area contributed by atoms with Crippen LogP contribution in [-0.2, 0) is 6.42 Å². The maximum atomic E-state index is 12.2. The zero-order chi connectivity index (χ0) is 19.9. The Labute approximate surface area is 163 Å². The molecule has 7 heteroatoms. The molecule has 0 bridgehead atoms. The lowest BCUT2D eigenvalue weighted by Gasteiger charge is -2.05. The SMILES string of the molecule is CCOc1cc(C=NNC(=O)c2cc(-c3ccc(CC)cc3)n[nH]2)ccc1O. The van der Waals surface area contributed by atoms with Crippen molar-refractivity contribution in [2.45, 2.75) is 20.3 Å². The number of H-pyrrole nitrogens is 1. The molecule has 3 aromatic rings. The number of benzene rings is 2. The lowest BCUT2D eigenvalue weighted by Crippen LogP contribution is -2.18. The fraction of sp³-hybridized carbons (Fsp3) is 0.190. The van der Waals surface area contributed by atoms with Crippen molar-refractivity contribution in [3.8, 4) is 22.8 Å². The first-order chi connectivity index (χ1) is 13.6. The molecule has 0 aliphatic rings. The summed E-state index contributed by atoms with van der Waals surface area (Å²) in [6.07, 6.45) is 2.44. The number of hydrogen-bond donors (Lipinski definition) is 3. The van der Waals surface area contributed by atoms with Gasteiger partial charge in [0.2, 0.25) is 0 Å². The summed E-state index contributed by atoms with van der Waals surface area (Å²) in [6.45, 7) is 4.37. The number of amides is 1. The van der Waals surface area contributed by atoms with Gasteiger partial charge >= 0.3 is 0 Å². The molecule has 28 heavy (non-hydrogen) atoms. The third kappa shape index (κ3) is 4.56. The molecule has 7 nitrogen and oxygen atoms in total. The number of phenolic OH excluding ortho intramolecular Hbond substituents is 1. The molecule has 0 unspecified atom stereocenters. The average Bonchev–Trinajstić information content (AvgIpc) is 3.21. The molecule has 0 saturated carbocycles. The van der Waals surface area contributed by atoms with Crippen LogP contribution >= 0.6 is 0 Å². The summed E-state index contributed by atoms with van der Waals surface area (Å²) in [7, 11) is 0. The number of rotatable bonds is 7. The molecule has 1 aromatic heterocycles. The number of ether oxygens (including phenoxy) is 1. The number of carbonyl (C=O) groups is 1. The number of hydrogen-bond acceptors (Lipinski definition) is 5. The maximum absolute atomic E-state index is 12.2. The summed E-state index contributed by atoms with van der Waals surface area (Å²) in [6, 6.07) is 14.6. The van der Waals surface area contributed by atoms with Gasteiger partial charge in [-0.25, -0.2) is 5.43 Å². The van der Waals surface area contributed by atoms with E-state index in [1.54, 1.807) is 18.2 Å². The van der Waals surface area contributed by atoms with Crippen molar-refractivity contribution in [1.82, 2.24) is 15.6 Å². The third-order valence-corrected chi connectivity index (χ3v) is 4.14.